The van der Waals surface area contributed by atoms with Crippen molar-refractivity contribution in [3.63, 3.8) is 0 Å². The number of Topliss-reactive ketones (excluding diaryl/α,β-unsaturated/α-hetero) is 1. The maximum atomic E-state index is 11.8. The predicted molar refractivity (Wildman–Crippen MR) is 83.0 cm³/mol. The summed E-state index contributed by atoms with van der Waals surface area (Å²) in [5.74, 6) is 0.920. The average molecular weight is 310 g/mol. The minimum absolute atomic E-state index is 0.0236. The van der Waals surface area contributed by atoms with E-state index in [1.54, 1.807) is 4.90 Å². The van der Waals surface area contributed by atoms with E-state index in [0.29, 0.717) is 31.4 Å². The van der Waals surface area contributed by atoms with Crippen LogP contribution in [0.25, 0.3) is 0 Å². The summed E-state index contributed by atoms with van der Waals surface area (Å²) >= 11 is 0. The number of hydrogen-bond acceptors (Lipinski definition) is 5. The standard InChI is InChI=1S/C16H26N2O4/c1-12(2)22-16(20)18-9-6-13(7-10-18)4-3-5-14(19)15-17-8-11-21-15/h12-13H,3-11H2,1-2H3. The quantitative estimate of drug-likeness (QED) is 0.755. The first-order valence-corrected chi connectivity index (χ1v) is 8.22. The number of carbonyl (C=O) groups excluding carboxylic acids is 2. The lowest BCUT2D eigenvalue weighted by molar-refractivity contribution is -0.114. The Balaban J connectivity index is 1.61. The van der Waals surface area contributed by atoms with Crippen molar-refractivity contribution >= 4 is 17.8 Å². The molecule has 1 fully saturated rings. The fourth-order valence-electron chi connectivity index (χ4n) is 2.84. The van der Waals surface area contributed by atoms with Crippen molar-refractivity contribution in [2.24, 2.45) is 10.9 Å². The Hall–Kier alpha value is -1.59. The highest BCUT2D eigenvalue weighted by atomic mass is 16.6. The fourth-order valence-corrected chi connectivity index (χ4v) is 2.84. The van der Waals surface area contributed by atoms with Gasteiger partial charge >= 0.3 is 6.09 Å². The topological polar surface area (TPSA) is 68.2 Å². The second kappa shape index (κ2) is 8.15. The molecule has 0 radical (unpaired) electrons. The summed E-state index contributed by atoms with van der Waals surface area (Å²) < 4.78 is 10.4. The van der Waals surface area contributed by atoms with E-state index in [0.717, 1.165) is 38.8 Å². The lowest BCUT2D eigenvalue weighted by Gasteiger charge is -2.31. The van der Waals surface area contributed by atoms with Crippen LogP contribution in [0.15, 0.2) is 4.99 Å². The van der Waals surface area contributed by atoms with Crippen LogP contribution in [0.1, 0.15) is 46.0 Å². The molecule has 2 aliphatic heterocycles. The number of ether oxygens (including phenoxy) is 2. The molecule has 2 heterocycles. The fraction of sp³-hybridized carbons (Fsp3) is 0.812. The van der Waals surface area contributed by atoms with Crippen molar-refractivity contribution in [2.45, 2.75) is 52.1 Å². The third kappa shape index (κ3) is 5.00. The van der Waals surface area contributed by atoms with E-state index in [4.69, 9.17) is 9.47 Å². The molecule has 0 aliphatic carbocycles. The van der Waals surface area contributed by atoms with Gasteiger partial charge in [0.05, 0.1) is 12.6 Å². The number of aliphatic imine (C=N–C) groups is 1. The van der Waals surface area contributed by atoms with Crippen LogP contribution in [0, 0.1) is 5.92 Å². The molecule has 6 nitrogen and oxygen atoms in total. The molecule has 0 aromatic carbocycles. The summed E-state index contributed by atoms with van der Waals surface area (Å²) in [6, 6.07) is 0. The lowest BCUT2D eigenvalue weighted by atomic mass is 9.91. The Morgan fingerprint density at radius 3 is 2.68 bits per heavy atom. The van der Waals surface area contributed by atoms with Crippen LogP contribution in [0.4, 0.5) is 4.79 Å². The number of hydrogen-bond donors (Lipinski definition) is 0. The normalized spacial score (nSPS) is 19.0. The van der Waals surface area contributed by atoms with Crippen molar-refractivity contribution in [2.75, 3.05) is 26.2 Å². The zero-order chi connectivity index (χ0) is 15.9. The van der Waals surface area contributed by atoms with E-state index in [2.05, 4.69) is 4.99 Å². The van der Waals surface area contributed by atoms with Gasteiger partial charge in [-0.25, -0.2) is 9.79 Å². The molecule has 2 rings (SSSR count). The zero-order valence-electron chi connectivity index (χ0n) is 13.5. The minimum Gasteiger partial charge on any atom is -0.473 e. The van der Waals surface area contributed by atoms with E-state index >= 15 is 0 Å². The summed E-state index contributed by atoms with van der Waals surface area (Å²) in [6.45, 7) is 6.36. The van der Waals surface area contributed by atoms with Crippen molar-refractivity contribution in [3.8, 4) is 0 Å². The van der Waals surface area contributed by atoms with Crippen molar-refractivity contribution < 1.29 is 19.1 Å². The first kappa shape index (κ1) is 16.8. The van der Waals surface area contributed by atoms with Gasteiger partial charge in [0.25, 0.3) is 5.90 Å². The van der Waals surface area contributed by atoms with Crippen LogP contribution in [-0.2, 0) is 14.3 Å². The Morgan fingerprint density at radius 1 is 1.36 bits per heavy atom. The Bertz CT molecular complexity index is 426. The van der Waals surface area contributed by atoms with Gasteiger partial charge in [-0.05, 0) is 45.4 Å². The lowest BCUT2D eigenvalue weighted by Crippen LogP contribution is -2.39. The maximum Gasteiger partial charge on any atom is 0.410 e. The second-order valence-corrected chi connectivity index (χ2v) is 6.21. The van der Waals surface area contributed by atoms with Crippen LogP contribution in [0.2, 0.25) is 0 Å². The first-order valence-electron chi connectivity index (χ1n) is 8.22. The molecule has 0 saturated carbocycles. The Labute approximate surface area is 131 Å². The predicted octanol–water partition coefficient (Wildman–Crippen LogP) is 2.41. The van der Waals surface area contributed by atoms with Crippen LogP contribution in [0.3, 0.4) is 0 Å². The van der Waals surface area contributed by atoms with Gasteiger partial charge in [0.15, 0.2) is 0 Å². The van der Waals surface area contributed by atoms with Crippen LogP contribution < -0.4 is 0 Å². The number of carbonyl (C=O) groups is 2. The van der Waals surface area contributed by atoms with Gasteiger partial charge in [0, 0.05) is 19.5 Å². The molecule has 2 aliphatic rings. The molecular formula is C16H26N2O4. The van der Waals surface area contributed by atoms with Gasteiger partial charge in [-0.3, -0.25) is 4.79 Å². The molecule has 1 saturated heterocycles. The number of likely N-dealkylation sites (tertiary alicyclic amines) is 1. The van der Waals surface area contributed by atoms with Gasteiger partial charge in [0.1, 0.15) is 6.61 Å². The van der Waals surface area contributed by atoms with E-state index < -0.39 is 0 Å². The largest absolute Gasteiger partial charge is 0.473 e. The van der Waals surface area contributed by atoms with Crippen molar-refractivity contribution in [1.82, 2.24) is 4.90 Å². The molecule has 124 valence electrons. The van der Waals surface area contributed by atoms with E-state index in [-0.39, 0.29) is 18.0 Å². The van der Waals surface area contributed by atoms with Crippen LogP contribution in [0.5, 0.6) is 0 Å². The van der Waals surface area contributed by atoms with E-state index in [1.165, 1.54) is 0 Å². The van der Waals surface area contributed by atoms with Crippen LogP contribution >= 0.6 is 0 Å². The Kier molecular flexibility index (Phi) is 6.21. The Morgan fingerprint density at radius 2 is 2.09 bits per heavy atom. The molecule has 0 aromatic heterocycles. The molecular weight excluding hydrogens is 284 g/mol. The van der Waals surface area contributed by atoms with Gasteiger partial charge in [-0.2, -0.15) is 0 Å². The third-order valence-corrected chi connectivity index (χ3v) is 4.05. The summed E-state index contributed by atoms with van der Waals surface area (Å²) in [5.41, 5.74) is 0. The zero-order valence-corrected chi connectivity index (χ0v) is 13.5. The molecule has 22 heavy (non-hydrogen) atoms. The van der Waals surface area contributed by atoms with Crippen molar-refractivity contribution in [1.29, 1.82) is 0 Å². The van der Waals surface area contributed by atoms with Gasteiger partial charge in [-0.15, -0.1) is 0 Å². The van der Waals surface area contributed by atoms with Gasteiger partial charge < -0.3 is 14.4 Å². The summed E-state index contributed by atoms with van der Waals surface area (Å²) in [4.78, 5) is 29.4. The number of rotatable bonds is 6. The first-order chi connectivity index (χ1) is 10.6. The molecule has 1 amide bonds. The number of ketones is 1. The molecule has 0 spiro atoms. The average Bonchev–Trinajstić information content (AvgIpc) is 3.01. The third-order valence-electron chi connectivity index (χ3n) is 4.05. The highest BCUT2D eigenvalue weighted by molar-refractivity contribution is 6.36. The highest BCUT2D eigenvalue weighted by Gasteiger charge is 2.24. The van der Waals surface area contributed by atoms with Gasteiger partial charge in [-0.1, -0.05) is 0 Å². The summed E-state index contributed by atoms with van der Waals surface area (Å²) in [7, 11) is 0. The molecule has 0 N–H and O–H groups in total. The molecule has 0 atom stereocenters. The molecule has 0 aromatic rings. The number of nitrogens with zero attached hydrogens (tertiary/aromatic N) is 2. The van der Waals surface area contributed by atoms with Gasteiger partial charge in [0.2, 0.25) is 5.78 Å². The number of amides is 1. The molecule has 0 unspecified atom stereocenters. The number of piperidine rings is 1. The minimum atomic E-state index is -0.208. The smallest absolute Gasteiger partial charge is 0.410 e. The van der Waals surface area contributed by atoms with Crippen molar-refractivity contribution in [3.05, 3.63) is 0 Å². The second-order valence-electron chi connectivity index (χ2n) is 6.21. The maximum absolute atomic E-state index is 11.8. The monoisotopic (exact) mass is 310 g/mol. The van der Waals surface area contributed by atoms with Crippen LogP contribution in [-0.4, -0.2) is 55.0 Å². The summed E-state index contributed by atoms with van der Waals surface area (Å²) in [6.07, 6.45) is 4.08. The summed E-state index contributed by atoms with van der Waals surface area (Å²) in [5, 5.41) is 0. The van der Waals surface area contributed by atoms with E-state index in [1.807, 2.05) is 13.8 Å². The SMILES string of the molecule is CC(C)OC(=O)N1CCC(CCCC(=O)C2=NCCO2)CC1. The molecule has 6 heteroatoms. The highest BCUT2D eigenvalue weighted by Crippen LogP contribution is 2.23. The molecule has 0 bridgehead atoms. The van der Waals surface area contributed by atoms with E-state index in [9.17, 15) is 9.59 Å².